The minimum Gasteiger partial charge on any atom is -0.313 e. The van der Waals surface area contributed by atoms with E-state index in [9.17, 15) is 0 Å². The molecule has 2 aromatic rings. The average molecular weight is 243 g/mol. The van der Waals surface area contributed by atoms with Crippen molar-refractivity contribution in [1.29, 1.82) is 0 Å². The van der Waals surface area contributed by atoms with Crippen LogP contribution in [0, 0.1) is 0 Å². The molecule has 0 unspecified atom stereocenters. The monoisotopic (exact) mass is 243 g/mol. The molecule has 0 bridgehead atoms. The lowest BCUT2D eigenvalue weighted by Crippen LogP contribution is -2.11. The van der Waals surface area contributed by atoms with Gasteiger partial charge in [-0.2, -0.15) is 5.10 Å². The normalized spacial score (nSPS) is 11.1. The first kappa shape index (κ1) is 12.8. The molecule has 1 aromatic heterocycles. The number of aromatic nitrogens is 2. The maximum absolute atomic E-state index is 4.57. The van der Waals surface area contributed by atoms with Gasteiger partial charge in [-0.3, -0.25) is 0 Å². The first-order valence-corrected chi connectivity index (χ1v) is 6.56. The van der Waals surface area contributed by atoms with Crippen LogP contribution >= 0.6 is 0 Å². The largest absolute Gasteiger partial charge is 0.313 e. The fraction of sp³-hybridized carbons (Fsp3) is 0.400. The maximum atomic E-state index is 4.57. The molecule has 0 spiro atoms. The average Bonchev–Trinajstić information content (AvgIpc) is 2.87. The van der Waals surface area contributed by atoms with Crippen LogP contribution in [0.25, 0.3) is 5.69 Å². The Morgan fingerprint density at radius 2 is 1.89 bits per heavy atom. The van der Waals surface area contributed by atoms with Crippen LogP contribution in [0.5, 0.6) is 0 Å². The Bertz CT molecular complexity index is 483. The molecule has 1 N–H and O–H groups in total. The molecule has 0 fully saturated rings. The van der Waals surface area contributed by atoms with Crippen LogP contribution < -0.4 is 5.32 Å². The molecule has 3 nitrogen and oxygen atoms in total. The second kappa shape index (κ2) is 5.83. The first-order chi connectivity index (χ1) is 8.70. The molecule has 0 saturated heterocycles. The van der Waals surface area contributed by atoms with Crippen molar-refractivity contribution in [1.82, 2.24) is 15.1 Å². The summed E-state index contributed by atoms with van der Waals surface area (Å²) in [4.78, 5) is 0. The van der Waals surface area contributed by atoms with E-state index in [1.165, 1.54) is 5.56 Å². The molecule has 3 heteroatoms. The van der Waals surface area contributed by atoms with Crippen LogP contribution in [-0.2, 0) is 6.54 Å². The van der Waals surface area contributed by atoms with E-state index in [0.29, 0.717) is 5.92 Å². The summed E-state index contributed by atoms with van der Waals surface area (Å²) in [6.07, 6.45) is 2.02. The SMILES string of the molecule is CCNCc1ccc(-n2ccc(C(C)C)n2)cc1. The third-order valence-corrected chi connectivity index (χ3v) is 2.98. The Morgan fingerprint density at radius 1 is 1.17 bits per heavy atom. The zero-order valence-corrected chi connectivity index (χ0v) is 11.4. The van der Waals surface area contributed by atoms with Gasteiger partial charge >= 0.3 is 0 Å². The van der Waals surface area contributed by atoms with E-state index in [0.717, 1.165) is 24.5 Å². The molecule has 96 valence electrons. The van der Waals surface area contributed by atoms with Gasteiger partial charge < -0.3 is 5.32 Å². The molecule has 0 amide bonds. The third kappa shape index (κ3) is 2.99. The van der Waals surface area contributed by atoms with Gasteiger partial charge in [-0.05, 0) is 36.2 Å². The lowest BCUT2D eigenvalue weighted by Gasteiger charge is -2.05. The summed E-state index contributed by atoms with van der Waals surface area (Å²) in [6.45, 7) is 8.36. The van der Waals surface area contributed by atoms with E-state index in [1.54, 1.807) is 0 Å². The number of rotatable bonds is 5. The molecule has 0 aliphatic carbocycles. The van der Waals surface area contributed by atoms with Crippen LogP contribution in [0.4, 0.5) is 0 Å². The van der Waals surface area contributed by atoms with Gasteiger partial charge in [-0.15, -0.1) is 0 Å². The summed E-state index contributed by atoms with van der Waals surface area (Å²) in [6, 6.07) is 10.6. The lowest BCUT2D eigenvalue weighted by atomic mass is 10.1. The maximum Gasteiger partial charge on any atom is 0.0654 e. The van der Waals surface area contributed by atoms with E-state index < -0.39 is 0 Å². The Balaban J connectivity index is 2.12. The van der Waals surface area contributed by atoms with Crippen LogP contribution in [0.2, 0.25) is 0 Å². The zero-order valence-electron chi connectivity index (χ0n) is 11.4. The molecular weight excluding hydrogens is 222 g/mol. The number of benzene rings is 1. The molecule has 1 aromatic carbocycles. The van der Waals surface area contributed by atoms with Gasteiger partial charge in [0.05, 0.1) is 11.4 Å². The third-order valence-electron chi connectivity index (χ3n) is 2.98. The lowest BCUT2D eigenvalue weighted by molar-refractivity contribution is 0.726. The van der Waals surface area contributed by atoms with Crippen LogP contribution in [-0.4, -0.2) is 16.3 Å². The standard InChI is InChI=1S/C15H21N3/c1-4-16-11-13-5-7-14(8-6-13)18-10-9-15(17-18)12(2)3/h5-10,12,16H,4,11H2,1-3H3. The molecule has 0 radical (unpaired) electrons. The summed E-state index contributed by atoms with van der Waals surface area (Å²) in [5, 5.41) is 7.89. The molecule has 0 saturated carbocycles. The molecule has 1 heterocycles. The van der Waals surface area contributed by atoms with Gasteiger partial charge in [0.1, 0.15) is 0 Å². The van der Waals surface area contributed by atoms with E-state index >= 15 is 0 Å². The molecule has 0 aliphatic rings. The van der Waals surface area contributed by atoms with Crippen molar-refractivity contribution in [3.05, 3.63) is 47.8 Å². The second-order valence-electron chi connectivity index (χ2n) is 4.79. The Hall–Kier alpha value is -1.61. The Labute approximate surface area is 109 Å². The van der Waals surface area contributed by atoms with E-state index in [1.807, 2.05) is 10.9 Å². The van der Waals surface area contributed by atoms with Crippen molar-refractivity contribution >= 4 is 0 Å². The van der Waals surface area contributed by atoms with Crippen LogP contribution in [0.3, 0.4) is 0 Å². The predicted octanol–water partition coefficient (Wildman–Crippen LogP) is 3.11. The summed E-state index contributed by atoms with van der Waals surface area (Å²) in [7, 11) is 0. The zero-order chi connectivity index (χ0) is 13.0. The summed E-state index contributed by atoms with van der Waals surface area (Å²) < 4.78 is 1.94. The van der Waals surface area contributed by atoms with Crippen molar-refractivity contribution in [3.8, 4) is 5.69 Å². The number of nitrogens with zero attached hydrogens (tertiary/aromatic N) is 2. The van der Waals surface area contributed by atoms with Crippen molar-refractivity contribution in [2.75, 3.05) is 6.54 Å². The van der Waals surface area contributed by atoms with Crippen molar-refractivity contribution < 1.29 is 0 Å². The fourth-order valence-corrected chi connectivity index (χ4v) is 1.83. The van der Waals surface area contributed by atoms with Gasteiger partial charge in [-0.1, -0.05) is 32.9 Å². The van der Waals surface area contributed by atoms with Gasteiger partial charge in [0.2, 0.25) is 0 Å². The summed E-state index contributed by atoms with van der Waals surface area (Å²) in [5.74, 6) is 0.472. The summed E-state index contributed by atoms with van der Waals surface area (Å²) in [5.41, 5.74) is 3.55. The molecular formula is C15H21N3. The number of nitrogens with one attached hydrogen (secondary N) is 1. The van der Waals surface area contributed by atoms with E-state index in [-0.39, 0.29) is 0 Å². The smallest absolute Gasteiger partial charge is 0.0654 e. The van der Waals surface area contributed by atoms with E-state index in [2.05, 4.69) is 61.5 Å². The van der Waals surface area contributed by atoms with Crippen molar-refractivity contribution in [2.24, 2.45) is 0 Å². The highest BCUT2D eigenvalue weighted by molar-refractivity contribution is 5.34. The second-order valence-corrected chi connectivity index (χ2v) is 4.79. The van der Waals surface area contributed by atoms with Gasteiger partial charge in [0.15, 0.2) is 0 Å². The molecule has 18 heavy (non-hydrogen) atoms. The van der Waals surface area contributed by atoms with Crippen molar-refractivity contribution in [3.63, 3.8) is 0 Å². The quantitative estimate of drug-likeness (QED) is 0.874. The molecule has 2 rings (SSSR count). The Morgan fingerprint density at radius 3 is 2.44 bits per heavy atom. The number of hydrogen-bond donors (Lipinski definition) is 1. The first-order valence-electron chi connectivity index (χ1n) is 6.56. The van der Waals surface area contributed by atoms with Crippen LogP contribution in [0.15, 0.2) is 36.5 Å². The fourth-order valence-electron chi connectivity index (χ4n) is 1.83. The van der Waals surface area contributed by atoms with Gasteiger partial charge in [0.25, 0.3) is 0 Å². The number of hydrogen-bond acceptors (Lipinski definition) is 2. The minimum absolute atomic E-state index is 0.472. The van der Waals surface area contributed by atoms with Crippen LogP contribution in [0.1, 0.15) is 37.9 Å². The highest BCUT2D eigenvalue weighted by Crippen LogP contribution is 2.14. The van der Waals surface area contributed by atoms with Crippen molar-refractivity contribution in [2.45, 2.75) is 33.2 Å². The highest BCUT2D eigenvalue weighted by Gasteiger charge is 2.04. The Kier molecular flexibility index (Phi) is 4.15. The summed E-state index contributed by atoms with van der Waals surface area (Å²) >= 11 is 0. The topological polar surface area (TPSA) is 29.9 Å². The van der Waals surface area contributed by atoms with Gasteiger partial charge in [-0.25, -0.2) is 4.68 Å². The predicted molar refractivity (Wildman–Crippen MR) is 75.0 cm³/mol. The van der Waals surface area contributed by atoms with Gasteiger partial charge in [0, 0.05) is 12.7 Å². The van der Waals surface area contributed by atoms with E-state index in [4.69, 9.17) is 0 Å². The molecule has 0 aliphatic heterocycles. The highest BCUT2D eigenvalue weighted by atomic mass is 15.3. The molecule has 0 atom stereocenters. The minimum atomic E-state index is 0.472.